The maximum Gasteiger partial charge on any atom is 0.166 e. The number of halogens is 2. The summed E-state index contributed by atoms with van der Waals surface area (Å²) in [5.74, 6) is -0.165. The van der Waals surface area contributed by atoms with Crippen LogP contribution in [0.2, 0.25) is 5.02 Å². The van der Waals surface area contributed by atoms with Crippen molar-refractivity contribution in [3.05, 3.63) is 34.6 Å². The van der Waals surface area contributed by atoms with Crippen LogP contribution in [0.1, 0.15) is 44.6 Å². The highest BCUT2D eigenvalue weighted by atomic mass is 35.5. The molecule has 21 heavy (non-hydrogen) atoms. The Bertz CT molecular complexity index is 484. The first-order valence-electron chi connectivity index (χ1n) is 7.70. The number of carbonyl (C=O) groups is 1. The van der Waals surface area contributed by atoms with E-state index in [2.05, 4.69) is 0 Å². The van der Waals surface area contributed by atoms with Crippen LogP contribution in [0.25, 0.3) is 0 Å². The summed E-state index contributed by atoms with van der Waals surface area (Å²) in [5, 5.41) is 0.345. The van der Waals surface area contributed by atoms with Crippen molar-refractivity contribution in [1.29, 1.82) is 0 Å². The van der Waals surface area contributed by atoms with Gasteiger partial charge in [0, 0.05) is 18.1 Å². The fourth-order valence-corrected chi connectivity index (χ4v) is 3.22. The van der Waals surface area contributed by atoms with E-state index in [-0.39, 0.29) is 18.1 Å². The zero-order chi connectivity index (χ0) is 15.2. The Balaban J connectivity index is 2.07. The molecule has 1 saturated carbocycles. The highest BCUT2D eigenvalue weighted by Crippen LogP contribution is 2.29. The van der Waals surface area contributed by atoms with Crippen LogP contribution in [-0.4, -0.2) is 18.5 Å². The highest BCUT2D eigenvalue weighted by Gasteiger charge is 2.30. The normalized spacial score (nSPS) is 17.7. The quantitative estimate of drug-likeness (QED) is 0.768. The van der Waals surface area contributed by atoms with Crippen LogP contribution < -0.4 is 0 Å². The fraction of sp³-hybridized carbons (Fsp3) is 0.588. The van der Waals surface area contributed by atoms with Crippen molar-refractivity contribution in [2.45, 2.75) is 51.6 Å². The van der Waals surface area contributed by atoms with Crippen LogP contribution in [0.15, 0.2) is 18.2 Å². The minimum Gasteiger partial charge on any atom is -0.370 e. The van der Waals surface area contributed by atoms with Crippen molar-refractivity contribution in [2.24, 2.45) is 5.92 Å². The Labute approximate surface area is 130 Å². The summed E-state index contributed by atoms with van der Waals surface area (Å²) in [6, 6.07) is 4.45. The van der Waals surface area contributed by atoms with E-state index < -0.39 is 11.9 Å². The van der Waals surface area contributed by atoms with Crippen molar-refractivity contribution in [3.8, 4) is 0 Å². The van der Waals surface area contributed by atoms with Crippen molar-refractivity contribution < 1.29 is 13.9 Å². The number of Topliss-reactive ketones (excluding diaryl/α,β-unsaturated/α-hetero) is 1. The molecule has 0 saturated heterocycles. The Morgan fingerprint density at radius 3 is 2.71 bits per heavy atom. The van der Waals surface area contributed by atoms with Gasteiger partial charge in [0.15, 0.2) is 5.78 Å². The van der Waals surface area contributed by atoms with E-state index in [1.54, 1.807) is 12.1 Å². The van der Waals surface area contributed by atoms with Gasteiger partial charge in [-0.2, -0.15) is 0 Å². The topological polar surface area (TPSA) is 26.3 Å². The van der Waals surface area contributed by atoms with Crippen molar-refractivity contribution in [1.82, 2.24) is 0 Å². The van der Waals surface area contributed by atoms with Crippen LogP contribution in [0.5, 0.6) is 0 Å². The highest BCUT2D eigenvalue weighted by molar-refractivity contribution is 6.30. The molecule has 0 heterocycles. The van der Waals surface area contributed by atoms with Gasteiger partial charge in [-0.25, -0.2) is 4.39 Å². The molecule has 1 aromatic carbocycles. The van der Waals surface area contributed by atoms with E-state index in [9.17, 15) is 9.18 Å². The summed E-state index contributed by atoms with van der Waals surface area (Å²) in [7, 11) is 0. The fourth-order valence-electron chi connectivity index (χ4n) is 3.06. The number of rotatable bonds is 6. The average Bonchev–Trinajstić information content (AvgIpc) is 2.48. The largest absolute Gasteiger partial charge is 0.370 e. The number of hydrogen-bond acceptors (Lipinski definition) is 2. The molecule has 1 unspecified atom stereocenters. The van der Waals surface area contributed by atoms with E-state index in [1.165, 1.54) is 12.5 Å². The molecule has 1 atom stereocenters. The van der Waals surface area contributed by atoms with Crippen LogP contribution >= 0.6 is 11.6 Å². The third kappa shape index (κ3) is 4.52. The van der Waals surface area contributed by atoms with Crippen molar-refractivity contribution in [3.63, 3.8) is 0 Å². The third-order valence-electron chi connectivity index (χ3n) is 4.12. The average molecular weight is 313 g/mol. The predicted molar refractivity (Wildman–Crippen MR) is 82.1 cm³/mol. The second-order valence-electron chi connectivity index (χ2n) is 5.65. The van der Waals surface area contributed by atoms with Crippen molar-refractivity contribution in [2.75, 3.05) is 6.61 Å². The molecule has 0 spiro atoms. The lowest BCUT2D eigenvalue weighted by molar-refractivity contribution is -0.134. The summed E-state index contributed by atoms with van der Waals surface area (Å²) in [6.45, 7) is 2.40. The smallest absolute Gasteiger partial charge is 0.166 e. The standard InChI is InChI=1S/C17H22ClFO2/c1-2-21-17(12-6-4-3-5-7-12)16(20)10-13-8-9-14(18)11-15(13)19/h8-9,11-12,17H,2-7,10H2,1H3. The lowest BCUT2D eigenvalue weighted by Crippen LogP contribution is -2.35. The molecule has 1 aliphatic rings. The van der Waals surface area contributed by atoms with Crippen LogP contribution in [0, 0.1) is 11.7 Å². The monoisotopic (exact) mass is 312 g/mol. The van der Waals surface area contributed by atoms with E-state index in [1.807, 2.05) is 6.92 Å². The first kappa shape index (κ1) is 16.4. The first-order valence-corrected chi connectivity index (χ1v) is 8.08. The Kier molecular flexibility index (Phi) is 6.19. The third-order valence-corrected chi connectivity index (χ3v) is 4.36. The number of carbonyl (C=O) groups excluding carboxylic acids is 1. The van der Waals surface area contributed by atoms with Gasteiger partial charge in [0.1, 0.15) is 11.9 Å². The molecule has 2 rings (SSSR count). The second-order valence-corrected chi connectivity index (χ2v) is 6.09. The first-order chi connectivity index (χ1) is 10.1. The maximum atomic E-state index is 13.8. The van der Waals surface area contributed by atoms with Gasteiger partial charge in [-0.1, -0.05) is 36.9 Å². The number of ketones is 1. The molecule has 0 radical (unpaired) electrons. The SMILES string of the molecule is CCOC(C(=O)Cc1ccc(Cl)cc1F)C1CCCCC1. The van der Waals surface area contributed by atoms with Crippen LogP contribution in [-0.2, 0) is 16.0 Å². The Morgan fingerprint density at radius 1 is 1.38 bits per heavy atom. The molecular formula is C17H22ClFO2. The predicted octanol–water partition coefficient (Wildman–Crippen LogP) is 4.58. The molecule has 0 amide bonds. The maximum absolute atomic E-state index is 13.8. The van der Waals surface area contributed by atoms with Crippen molar-refractivity contribution >= 4 is 17.4 Å². The van der Waals surface area contributed by atoms with Crippen LogP contribution in [0.4, 0.5) is 4.39 Å². The van der Waals surface area contributed by atoms with Gasteiger partial charge in [-0.3, -0.25) is 4.79 Å². The minimum atomic E-state index is -0.422. The van der Waals surface area contributed by atoms with Gasteiger partial charge in [0.2, 0.25) is 0 Å². The molecule has 1 fully saturated rings. The zero-order valence-corrected chi connectivity index (χ0v) is 13.2. The van der Waals surface area contributed by atoms with Gasteiger partial charge in [0.05, 0.1) is 0 Å². The van der Waals surface area contributed by atoms with E-state index in [0.29, 0.717) is 17.2 Å². The molecule has 1 aromatic rings. The number of benzene rings is 1. The summed E-state index contributed by atoms with van der Waals surface area (Å²) >= 11 is 5.74. The molecule has 1 aliphatic carbocycles. The summed E-state index contributed by atoms with van der Waals surface area (Å²) in [5.41, 5.74) is 0.393. The molecule has 0 N–H and O–H groups in total. The van der Waals surface area contributed by atoms with Gasteiger partial charge in [-0.15, -0.1) is 0 Å². The summed E-state index contributed by atoms with van der Waals surface area (Å²) in [6.07, 6.45) is 5.26. The number of hydrogen-bond donors (Lipinski definition) is 0. The molecule has 0 aliphatic heterocycles. The molecule has 116 valence electrons. The van der Waals surface area contributed by atoms with Gasteiger partial charge in [-0.05, 0) is 43.4 Å². The summed E-state index contributed by atoms with van der Waals surface area (Å²) < 4.78 is 19.5. The Morgan fingerprint density at radius 2 is 2.10 bits per heavy atom. The zero-order valence-electron chi connectivity index (χ0n) is 12.4. The van der Waals surface area contributed by atoms with E-state index in [4.69, 9.17) is 16.3 Å². The lowest BCUT2D eigenvalue weighted by atomic mass is 9.82. The van der Waals surface area contributed by atoms with Gasteiger partial charge in [0.25, 0.3) is 0 Å². The van der Waals surface area contributed by atoms with E-state index in [0.717, 1.165) is 25.7 Å². The lowest BCUT2D eigenvalue weighted by Gasteiger charge is -2.29. The molecule has 4 heteroatoms. The number of ether oxygens (including phenoxy) is 1. The molecule has 0 bridgehead atoms. The minimum absolute atomic E-state index is 0.0232. The molecule has 0 aromatic heterocycles. The van der Waals surface area contributed by atoms with Crippen LogP contribution in [0.3, 0.4) is 0 Å². The summed E-state index contributed by atoms with van der Waals surface area (Å²) in [4.78, 5) is 12.5. The van der Waals surface area contributed by atoms with Gasteiger partial charge >= 0.3 is 0 Å². The Hall–Kier alpha value is -0.930. The van der Waals surface area contributed by atoms with E-state index >= 15 is 0 Å². The second kappa shape index (κ2) is 7.90. The molecular weight excluding hydrogens is 291 g/mol. The van der Waals surface area contributed by atoms with Gasteiger partial charge < -0.3 is 4.74 Å². The molecule has 2 nitrogen and oxygen atoms in total.